The molecule has 1 atom stereocenters. The predicted molar refractivity (Wildman–Crippen MR) is 95.2 cm³/mol. The van der Waals surface area contributed by atoms with Crippen LogP contribution < -0.4 is 10.1 Å². The van der Waals surface area contributed by atoms with Crippen molar-refractivity contribution in [1.29, 1.82) is 0 Å². The first kappa shape index (κ1) is 18.1. The number of ether oxygens (including phenoxy) is 1. The Morgan fingerprint density at radius 2 is 1.78 bits per heavy atom. The van der Waals surface area contributed by atoms with Crippen molar-refractivity contribution in [2.24, 2.45) is 0 Å². The molecule has 2 rings (SSSR count). The van der Waals surface area contributed by atoms with Gasteiger partial charge in [0.25, 0.3) is 0 Å². The number of para-hydroxylation sites is 1. The number of aliphatic hydroxyl groups excluding tert-OH is 1. The van der Waals surface area contributed by atoms with E-state index in [1.807, 2.05) is 37.3 Å². The van der Waals surface area contributed by atoms with E-state index in [-0.39, 0.29) is 12.6 Å². The van der Waals surface area contributed by atoms with Crippen LogP contribution >= 0.6 is 23.2 Å². The molecule has 0 fully saturated rings. The van der Waals surface area contributed by atoms with E-state index in [0.29, 0.717) is 23.2 Å². The molecule has 0 aromatic heterocycles. The maximum absolute atomic E-state index is 9.26. The molecule has 0 saturated heterocycles. The lowest BCUT2D eigenvalue weighted by atomic mass is 10.1. The van der Waals surface area contributed by atoms with Crippen LogP contribution in [-0.4, -0.2) is 17.8 Å². The van der Waals surface area contributed by atoms with Gasteiger partial charge in [-0.3, -0.25) is 0 Å². The number of benzene rings is 2. The molecule has 2 aromatic rings. The van der Waals surface area contributed by atoms with Crippen LogP contribution in [-0.2, 0) is 13.2 Å². The lowest BCUT2D eigenvalue weighted by molar-refractivity contribution is 0.237. The summed E-state index contributed by atoms with van der Waals surface area (Å²) in [7, 11) is 0. The summed E-state index contributed by atoms with van der Waals surface area (Å²) in [5.41, 5.74) is 1.81. The third-order valence-corrected chi connectivity index (χ3v) is 4.41. The predicted octanol–water partition coefficient (Wildman–Crippen LogP) is 4.43. The maximum Gasteiger partial charge on any atom is 0.124 e. The summed E-state index contributed by atoms with van der Waals surface area (Å²) in [5.74, 6) is 0.781. The molecule has 0 radical (unpaired) electrons. The van der Waals surface area contributed by atoms with Crippen molar-refractivity contribution in [3.8, 4) is 5.75 Å². The first-order valence-electron chi connectivity index (χ1n) is 7.63. The molecule has 0 aliphatic rings. The van der Waals surface area contributed by atoms with E-state index in [1.165, 1.54) is 0 Å². The maximum atomic E-state index is 9.26. The first-order valence-corrected chi connectivity index (χ1v) is 8.39. The average Bonchev–Trinajstić information content (AvgIpc) is 2.56. The van der Waals surface area contributed by atoms with Gasteiger partial charge in [0.05, 0.1) is 6.61 Å². The Bertz CT molecular complexity index is 610. The van der Waals surface area contributed by atoms with Crippen molar-refractivity contribution in [2.45, 2.75) is 32.5 Å². The minimum Gasteiger partial charge on any atom is -0.488 e. The highest BCUT2D eigenvalue weighted by Gasteiger charge is 2.10. The van der Waals surface area contributed by atoms with Gasteiger partial charge in [0.1, 0.15) is 12.4 Å². The third kappa shape index (κ3) is 5.11. The highest BCUT2D eigenvalue weighted by atomic mass is 35.5. The zero-order valence-electron chi connectivity index (χ0n) is 13.1. The summed E-state index contributed by atoms with van der Waals surface area (Å²) in [4.78, 5) is 0. The number of hydrogen-bond acceptors (Lipinski definition) is 3. The van der Waals surface area contributed by atoms with Gasteiger partial charge in [-0.1, -0.05) is 54.4 Å². The van der Waals surface area contributed by atoms with Gasteiger partial charge in [0.15, 0.2) is 0 Å². The summed E-state index contributed by atoms with van der Waals surface area (Å²) in [6.07, 6.45) is 0.870. The second kappa shape index (κ2) is 9.14. The van der Waals surface area contributed by atoms with Crippen molar-refractivity contribution in [3.63, 3.8) is 0 Å². The lowest BCUT2D eigenvalue weighted by Crippen LogP contribution is -2.31. The van der Waals surface area contributed by atoms with Gasteiger partial charge in [-0.15, -0.1) is 0 Å². The van der Waals surface area contributed by atoms with E-state index in [2.05, 4.69) is 5.32 Å². The zero-order chi connectivity index (χ0) is 16.7. The number of halogens is 2. The van der Waals surface area contributed by atoms with Gasteiger partial charge in [0.2, 0.25) is 0 Å². The van der Waals surface area contributed by atoms with E-state index < -0.39 is 0 Å². The lowest BCUT2D eigenvalue weighted by Gasteiger charge is -2.17. The van der Waals surface area contributed by atoms with Gasteiger partial charge >= 0.3 is 0 Å². The van der Waals surface area contributed by atoms with Gasteiger partial charge in [-0.05, 0) is 24.6 Å². The molecule has 5 heteroatoms. The Kier molecular flexibility index (Phi) is 7.18. The molecule has 2 N–H and O–H groups in total. The van der Waals surface area contributed by atoms with Crippen molar-refractivity contribution >= 4 is 23.2 Å². The van der Waals surface area contributed by atoms with Gasteiger partial charge in [0, 0.05) is 33.8 Å². The molecule has 0 unspecified atom stereocenters. The molecule has 0 heterocycles. The van der Waals surface area contributed by atoms with Gasteiger partial charge in [-0.25, -0.2) is 0 Å². The van der Waals surface area contributed by atoms with E-state index in [4.69, 9.17) is 27.9 Å². The van der Waals surface area contributed by atoms with Crippen LogP contribution in [0, 0.1) is 0 Å². The largest absolute Gasteiger partial charge is 0.488 e. The average molecular weight is 354 g/mol. The topological polar surface area (TPSA) is 41.5 Å². The summed E-state index contributed by atoms with van der Waals surface area (Å²) in [6.45, 7) is 3.10. The van der Waals surface area contributed by atoms with Crippen molar-refractivity contribution in [2.75, 3.05) is 6.61 Å². The molecule has 0 bridgehead atoms. The van der Waals surface area contributed by atoms with E-state index in [1.54, 1.807) is 12.1 Å². The molecule has 0 aliphatic heterocycles. The fourth-order valence-electron chi connectivity index (χ4n) is 2.20. The zero-order valence-corrected chi connectivity index (χ0v) is 14.6. The van der Waals surface area contributed by atoms with Crippen molar-refractivity contribution in [1.82, 2.24) is 5.32 Å². The molecule has 124 valence electrons. The standard InChI is InChI=1S/C18H21Cl2NO2/c1-2-14(11-22)21-10-13-6-3-4-9-18(13)23-12-15-16(19)7-5-8-17(15)20/h3-9,14,21-22H,2,10-12H2,1H3/t14-/m1/s1. The van der Waals surface area contributed by atoms with Crippen LogP contribution in [0.1, 0.15) is 24.5 Å². The summed E-state index contributed by atoms with van der Waals surface area (Å²) in [6, 6.07) is 13.3. The molecule has 0 spiro atoms. The monoisotopic (exact) mass is 353 g/mol. The van der Waals surface area contributed by atoms with E-state index in [9.17, 15) is 5.11 Å². The molecule has 0 aliphatic carbocycles. The third-order valence-electron chi connectivity index (χ3n) is 3.70. The molecular formula is C18H21Cl2NO2. The molecule has 2 aromatic carbocycles. The Morgan fingerprint density at radius 1 is 1.09 bits per heavy atom. The van der Waals surface area contributed by atoms with Crippen LogP contribution in [0.25, 0.3) is 0 Å². The normalized spacial score (nSPS) is 12.2. The Balaban J connectivity index is 2.05. The second-order valence-electron chi connectivity index (χ2n) is 5.27. The van der Waals surface area contributed by atoms with Crippen LogP contribution in [0.2, 0.25) is 10.0 Å². The molecule has 3 nitrogen and oxygen atoms in total. The molecule has 23 heavy (non-hydrogen) atoms. The summed E-state index contributed by atoms with van der Waals surface area (Å²) in [5, 5.41) is 13.8. The number of hydrogen-bond donors (Lipinski definition) is 2. The Labute approximate surface area is 147 Å². The molecular weight excluding hydrogens is 333 g/mol. The summed E-state index contributed by atoms with van der Waals surface area (Å²) < 4.78 is 5.91. The minimum absolute atomic E-state index is 0.0843. The molecule has 0 saturated carbocycles. The highest BCUT2D eigenvalue weighted by Crippen LogP contribution is 2.27. The minimum atomic E-state index is 0.0843. The number of nitrogens with one attached hydrogen (secondary N) is 1. The van der Waals surface area contributed by atoms with Gasteiger partial charge < -0.3 is 15.2 Å². The molecule has 0 amide bonds. The van der Waals surface area contributed by atoms with Gasteiger partial charge in [-0.2, -0.15) is 0 Å². The summed E-state index contributed by atoms with van der Waals surface area (Å²) >= 11 is 12.3. The highest BCUT2D eigenvalue weighted by molar-refractivity contribution is 6.35. The van der Waals surface area contributed by atoms with Crippen LogP contribution in [0.3, 0.4) is 0 Å². The SMILES string of the molecule is CC[C@H](CO)NCc1ccccc1OCc1c(Cl)cccc1Cl. The van der Waals surface area contributed by atoms with E-state index >= 15 is 0 Å². The van der Waals surface area contributed by atoms with E-state index in [0.717, 1.165) is 23.3 Å². The fourth-order valence-corrected chi connectivity index (χ4v) is 2.71. The first-order chi connectivity index (χ1) is 11.2. The smallest absolute Gasteiger partial charge is 0.124 e. The van der Waals surface area contributed by atoms with Crippen LogP contribution in [0.5, 0.6) is 5.75 Å². The Morgan fingerprint density at radius 3 is 2.43 bits per heavy atom. The van der Waals surface area contributed by atoms with Crippen molar-refractivity contribution < 1.29 is 9.84 Å². The number of rotatable bonds is 8. The van der Waals surface area contributed by atoms with Crippen LogP contribution in [0.4, 0.5) is 0 Å². The Hall–Kier alpha value is -1.26. The second-order valence-corrected chi connectivity index (χ2v) is 6.08. The number of aliphatic hydroxyl groups is 1. The fraction of sp³-hybridized carbons (Fsp3) is 0.333. The van der Waals surface area contributed by atoms with Crippen LogP contribution in [0.15, 0.2) is 42.5 Å². The van der Waals surface area contributed by atoms with Crippen molar-refractivity contribution in [3.05, 3.63) is 63.6 Å². The quantitative estimate of drug-likeness (QED) is 0.737.